The van der Waals surface area contributed by atoms with Gasteiger partial charge in [-0.25, -0.2) is 0 Å². The highest BCUT2D eigenvalue weighted by Gasteiger charge is 2.76. The van der Waals surface area contributed by atoms with Crippen LogP contribution in [0.5, 0.6) is 0 Å². The van der Waals surface area contributed by atoms with Gasteiger partial charge in [0.2, 0.25) is 0 Å². The fraction of sp³-hybridized carbons (Fsp3) is 0.882. The van der Waals surface area contributed by atoms with Crippen molar-refractivity contribution in [2.45, 2.75) is 58.3 Å². The average Bonchev–Trinajstić information content (AvgIpc) is 2.80. The van der Waals surface area contributed by atoms with E-state index in [2.05, 4.69) is 33.8 Å². The molecule has 0 aromatic heterocycles. The van der Waals surface area contributed by atoms with Crippen molar-refractivity contribution < 1.29 is 14.6 Å². The van der Waals surface area contributed by atoms with E-state index in [9.17, 15) is 5.11 Å². The topological polar surface area (TPSA) is 38.7 Å². The number of rotatable bonds is 0. The number of hydrogen-bond acceptors (Lipinski definition) is 3. The maximum absolute atomic E-state index is 11.6. The number of hydrogen-bond donors (Lipinski definition) is 1. The molecule has 1 aliphatic heterocycles. The molecule has 3 heteroatoms. The second kappa shape index (κ2) is 3.50. The van der Waals surface area contributed by atoms with Crippen LogP contribution in [0.15, 0.2) is 11.6 Å². The fourth-order valence-electron chi connectivity index (χ4n) is 6.15. The molecule has 1 N–H and O–H groups in total. The van der Waals surface area contributed by atoms with Crippen molar-refractivity contribution in [3.8, 4) is 0 Å². The Kier molecular flexibility index (Phi) is 2.33. The predicted octanol–water partition coefficient (Wildman–Crippen LogP) is 2.88. The van der Waals surface area contributed by atoms with Crippen LogP contribution in [0.3, 0.4) is 0 Å². The zero-order valence-electron chi connectivity index (χ0n) is 13.0. The van der Waals surface area contributed by atoms with Gasteiger partial charge in [0.25, 0.3) is 0 Å². The van der Waals surface area contributed by atoms with Gasteiger partial charge in [-0.1, -0.05) is 32.4 Å². The summed E-state index contributed by atoms with van der Waals surface area (Å²) in [6.45, 7) is 10.3. The molecule has 4 fully saturated rings. The fourth-order valence-corrected chi connectivity index (χ4v) is 6.15. The first-order chi connectivity index (χ1) is 9.27. The largest absolute Gasteiger partial charge is 0.388 e. The summed E-state index contributed by atoms with van der Waals surface area (Å²) in [6, 6.07) is 0. The Morgan fingerprint density at radius 3 is 2.50 bits per heavy atom. The van der Waals surface area contributed by atoms with E-state index >= 15 is 0 Å². The van der Waals surface area contributed by atoms with E-state index in [1.54, 1.807) is 0 Å². The van der Waals surface area contributed by atoms with Gasteiger partial charge in [-0.2, -0.15) is 0 Å². The van der Waals surface area contributed by atoms with Crippen LogP contribution in [0, 0.1) is 22.7 Å². The summed E-state index contributed by atoms with van der Waals surface area (Å²) in [5.41, 5.74) is 0.477. The molecule has 4 atom stereocenters. The molecule has 0 aromatic carbocycles. The standard InChI is InChI=1S/C17H26O3/c1-11-5-6-17(18)14(2,3)13-9-12(11)15(17,4)10-16(13)19-7-8-20-16/h5,12-13,18H,6-10H2,1-4H3/t12-,13+,15+,17-/m0/s1. The van der Waals surface area contributed by atoms with Gasteiger partial charge in [-0.15, -0.1) is 0 Å². The first-order valence-electron chi connectivity index (χ1n) is 7.94. The summed E-state index contributed by atoms with van der Waals surface area (Å²) in [5, 5.41) is 11.6. The van der Waals surface area contributed by atoms with Crippen LogP contribution in [0.4, 0.5) is 0 Å². The molecule has 1 heterocycles. The highest BCUT2D eigenvalue weighted by Crippen LogP contribution is 2.73. The normalized spacial score (nSPS) is 51.4. The molecule has 0 aromatic rings. The third-order valence-electron chi connectivity index (χ3n) is 7.31. The maximum atomic E-state index is 11.6. The molecule has 20 heavy (non-hydrogen) atoms. The molecule has 112 valence electrons. The predicted molar refractivity (Wildman–Crippen MR) is 76.1 cm³/mol. The van der Waals surface area contributed by atoms with Gasteiger partial charge in [-0.3, -0.25) is 0 Å². The van der Waals surface area contributed by atoms with Gasteiger partial charge in [0.05, 0.1) is 18.8 Å². The van der Waals surface area contributed by atoms with Gasteiger partial charge in [0.1, 0.15) is 0 Å². The smallest absolute Gasteiger partial charge is 0.172 e. The molecule has 4 aliphatic carbocycles. The van der Waals surface area contributed by atoms with E-state index < -0.39 is 11.4 Å². The van der Waals surface area contributed by atoms with Crippen LogP contribution in [-0.4, -0.2) is 29.7 Å². The van der Waals surface area contributed by atoms with Gasteiger partial charge in [0, 0.05) is 23.2 Å². The lowest BCUT2D eigenvalue weighted by atomic mass is 9.35. The van der Waals surface area contributed by atoms with Gasteiger partial charge >= 0.3 is 0 Å². The maximum Gasteiger partial charge on any atom is 0.172 e. The molecule has 5 aliphatic rings. The minimum absolute atomic E-state index is 0.144. The second-order valence-electron chi connectivity index (χ2n) is 8.18. The summed E-state index contributed by atoms with van der Waals surface area (Å²) in [7, 11) is 0. The Hall–Kier alpha value is -0.380. The van der Waals surface area contributed by atoms with Crippen molar-refractivity contribution in [2.75, 3.05) is 13.2 Å². The Morgan fingerprint density at radius 1 is 1.20 bits per heavy atom. The van der Waals surface area contributed by atoms with E-state index in [-0.39, 0.29) is 16.7 Å². The third kappa shape index (κ3) is 1.17. The van der Waals surface area contributed by atoms with E-state index in [0.717, 1.165) is 19.3 Å². The lowest BCUT2D eigenvalue weighted by molar-refractivity contribution is -0.366. The third-order valence-corrected chi connectivity index (χ3v) is 7.31. The Balaban J connectivity index is 1.91. The molecular formula is C17H26O3. The summed E-state index contributed by atoms with van der Waals surface area (Å²) in [4.78, 5) is 0. The van der Waals surface area contributed by atoms with Crippen LogP contribution in [0.1, 0.15) is 47.0 Å². The summed E-state index contributed by atoms with van der Waals surface area (Å²) >= 11 is 0. The minimum atomic E-state index is -0.645. The second-order valence-corrected chi connectivity index (χ2v) is 8.18. The van der Waals surface area contributed by atoms with E-state index in [1.165, 1.54) is 5.57 Å². The molecule has 5 rings (SSSR count). The molecule has 1 spiro atoms. The van der Waals surface area contributed by atoms with E-state index in [0.29, 0.717) is 19.1 Å². The highest BCUT2D eigenvalue weighted by atomic mass is 16.7. The molecule has 3 nitrogen and oxygen atoms in total. The molecule has 4 bridgehead atoms. The van der Waals surface area contributed by atoms with Crippen LogP contribution in [0.2, 0.25) is 0 Å². The quantitative estimate of drug-likeness (QED) is 0.692. The van der Waals surface area contributed by atoms with Gasteiger partial charge < -0.3 is 14.6 Å². The molecule has 0 amide bonds. The lowest BCUT2D eigenvalue weighted by Crippen LogP contribution is -2.76. The number of aliphatic hydroxyl groups is 1. The van der Waals surface area contributed by atoms with Gasteiger partial charge in [0.15, 0.2) is 5.79 Å². The van der Waals surface area contributed by atoms with Crippen LogP contribution < -0.4 is 0 Å². The van der Waals surface area contributed by atoms with E-state index in [4.69, 9.17) is 9.47 Å². The van der Waals surface area contributed by atoms with Crippen molar-refractivity contribution in [2.24, 2.45) is 22.7 Å². The van der Waals surface area contributed by atoms with Crippen molar-refractivity contribution in [1.82, 2.24) is 0 Å². The Labute approximate surface area is 121 Å². The first kappa shape index (κ1) is 13.3. The lowest BCUT2D eigenvalue weighted by Gasteiger charge is -2.73. The summed E-state index contributed by atoms with van der Waals surface area (Å²) in [6.07, 6.45) is 4.94. The zero-order chi connectivity index (χ0) is 14.4. The zero-order valence-corrected chi connectivity index (χ0v) is 13.0. The number of ether oxygens (including phenoxy) is 2. The molecular weight excluding hydrogens is 252 g/mol. The Morgan fingerprint density at radius 2 is 1.85 bits per heavy atom. The SMILES string of the molecule is CC1=CC[C@]2(O)C(C)(C)[C@H]3C[C@@H]1[C@@]2(C)CC31OCCO1. The molecule has 3 saturated carbocycles. The monoisotopic (exact) mass is 278 g/mol. The van der Waals surface area contributed by atoms with Crippen LogP contribution in [0.25, 0.3) is 0 Å². The van der Waals surface area contributed by atoms with Crippen molar-refractivity contribution >= 4 is 0 Å². The first-order valence-corrected chi connectivity index (χ1v) is 7.94. The van der Waals surface area contributed by atoms with Crippen molar-refractivity contribution in [1.29, 1.82) is 0 Å². The van der Waals surface area contributed by atoms with Gasteiger partial charge in [-0.05, 0) is 25.7 Å². The number of allylic oxidation sites excluding steroid dienone is 1. The summed E-state index contributed by atoms with van der Waals surface area (Å²) < 4.78 is 12.2. The molecule has 0 unspecified atom stereocenters. The highest BCUT2D eigenvalue weighted by molar-refractivity contribution is 5.32. The minimum Gasteiger partial charge on any atom is -0.388 e. The van der Waals surface area contributed by atoms with Crippen molar-refractivity contribution in [3.63, 3.8) is 0 Å². The molecule has 0 radical (unpaired) electrons. The molecule has 1 saturated heterocycles. The summed E-state index contributed by atoms with van der Waals surface area (Å²) in [5.74, 6) is 0.300. The Bertz CT molecular complexity index is 488. The average molecular weight is 278 g/mol. The van der Waals surface area contributed by atoms with E-state index in [1.807, 2.05) is 0 Å². The van der Waals surface area contributed by atoms with Crippen LogP contribution in [-0.2, 0) is 9.47 Å². The van der Waals surface area contributed by atoms with Crippen molar-refractivity contribution in [3.05, 3.63) is 11.6 Å². The van der Waals surface area contributed by atoms with Crippen LogP contribution >= 0.6 is 0 Å².